The lowest BCUT2D eigenvalue weighted by atomic mass is 9.63. The van der Waals surface area contributed by atoms with Gasteiger partial charge in [0.25, 0.3) is 0 Å². The van der Waals surface area contributed by atoms with Gasteiger partial charge in [0.2, 0.25) is 0 Å². The Hall–Kier alpha value is -0.820. The van der Waals surface area contributed by atoms with Gasteiger partial charge in [0, 0.05) is 6.04 Å². The zero-order chi connectivity index (χ0) is 13.6. The van der Waals surface area contributed by atoms with Gasteiger partial charge >= 0.3 is 0 Å². The van der Waals surface area contributed by atoms with E-state index in [1.807, 2.05) is 7.05 Å². The molecule has 1 heteroatoms. The first-order chi connectivity index (χ1) is 8.28. The third kappa shape index (κ3) is 2.21. The van der Waals surface area contributed by atoms with Gasteiger partial charge in [-0.1, -0.05) is 45.9 Å². The van der Waals surface area contributed by atoms with Crippen LogP contribution in [0.1, 0.15) is 70.2 Å². The minimum atomic E-state index is 0.314. The van der Waals surface area contributed by atoms with Crippen molar-refractivity contribution in [2.24, 2.45) is 0 Å². The Labute approximate surface area is 112 Å². The molecule has 100 valence electrons. The average molecular weight is 245 g/mol. The second-order valence-corrected chi connectivity index (χ2v) is 7.08. The zero-order valence-electron chi connectivity index (χ0n) is 12.7. The molecule has 2 rings (SSSR count). The third-order valence-corrected chi connectivity index (χ3v) is 4.81. The highest BCUT2D eigenvalue weighted by molar-refractivity contribution is 5.44. The van der Waals surface area contributed by atoms with Gasteiger partial charge in [0.15, 0.2) is 0 Å². The average Bonchev–Trinajstić information content (AvgIpc) is 2.34. The molecule has 0 aliphatic heterocycles. The van der Waals surface area contributed by atoms with E-state index in [-0.39, 0.29) is 0 Å². The molecule has 1 nitrogen and oxygen atoms in total. The molecule has 0 unspecified atom stereocenters. The van der Waals surface area contributed by atoms with E-state index in [9.17, 15) is 0 Å². The second-order valence-electron chi connectivity index (χ2n) is 7.08. The van der Waals surface area contributed by atoms with Gasteiger partial charge in [0.1, 0.15) is 0 Å². The number of hydrogen-bond donors (Lipinski definition) is 1. The van der Waals surface area contributed by atoms with E-state index >= 15 is 0 Å². The van der Waals surface area contributed by atoms with Gasteiger partial charge < -0.3 is 5.32 Å². The Kier molecular flexibility index (Phi) is 3.31. The van der Waals surface area contributed by atoms with Crippen LogP contribution in [0.5, 0.6) is 0 Å². The Morgan fingerprint density at radius 3 is 2.11 bits per heavy atom. The van der Waals surface area contributed by atoms with Crippen molar-refractivity contribution >= 4 is 0 Å². The zero-order valence-corrected chi connectivity index (χ0v) is 12.7. The summed E-state index contributed by atoms with van der Waals surface area (Å²) in [6, 6.07) is 7.51. The Balaban J connectivity index is 2.55. The van der Waals surface area contributed by atoms with Gasteiger partial charge in [-0.15, -0.1) is 0 Å². The van der Waals surface area contributed by atoms with Crippen molar-refractivity contribution in [2.75, 3.05) is 7.05 Å². The van der Waals surface area contributed by atoms with Crippen LogP contribution in [0.3, 0.4) is 0 Å². The molecule has 0 bridgehead atoms. The van der Waals surface area contributed by atoms with Crippen molar-refractivity contribution in [1.82, 2.24) is 5.32 Å². The molecular weight excluding hydrogens is 218 g/mol. The van der Waals surface area contributed by atoms with E-state index in [4.69, 9.17) is 0 Å². The lowest BCUT2D eigenvalue weighted by Crippen LogP contribution is -2.34. The summed E-state index contributed by atoms with van der Waals surface area (Å²) < 4.78 is 0. The lowest BCUT2D eigenvalue weighted by Gasteiger charge is -2.42. The first-order valence-corrected chi connectivity index (χ1v) is 7.10. The van der Waals surface area contributed by atoms with Gasteiger partial charge in [-0.25, -0.2) is 0 Å². The molecule has 1 atom stereocenters. The molecule has 1 aliphatic rings. The van der Waals surface area contributed by atoms with E-state index in [1.54, 1.807) is 11.1 Å². The van der Waals surface area contributed by atoms with Crippen molar-refractivity contribution in [1.29, 1.82) is 0 Å². The highest BCUT2D eigenvalue weighted by atomic mass is 14.8. The SMILES string of the molecule is CN[C@H](C)c1ccc2c(c1)C(C)(C)CCC2(C)C. The highest BCUT2D eigenvalue weighted by Crippen LogP contribution is 2.46. The summed E-state index contributed by atoms with van der Waals surface area (Å²) in [4.78, 5) is 0. The largest absolute Gasteiger partial charge is 0.313 e. The van der Waals surface area contributed by atoms with Crippen molar-refractivity contribution in [3.63, 3.8) is 0 Å². The number of benzene rings is 1. The number of hydrogen-bond acceptors (Lipinski definition) is 1. The Morgan fingerprint density at radius 1 is 1.00 bits per heavy atom. The van der Waals surface area contributed by atoms with Gasteiger partial charge in [0.05, 0.1) is 0 Å². The summed E-state index contributed by atoms with van der Waals surface area (Å²) in [5.41, 5.74) is 5.15. The number of nitrogens with one attached hydrogen (secondary N) is 1. The van der Waals surface area contributed by atoms with E-state index in [2.05, 4.69) is 58.1 Å². The fourth-order valence-electron chi connectivity index (χ4n) is 3.04. The fourth-order valence-corrected chi connectivity index (χ4v) is 3.04. The summed E-state index contributed by atoms with van der Waals surface area (Å²) in [6.45, 7) is 11.7. The van der Waals surface area contributed by atoms with Crippen molar-refractivity contribution in [3.8, 4) is 0 Å². The van der Waals surface area contributed by atoms with E-state index in [0.717, 1.165) is 0 Å². The molecule has 1 aliphatic carbocycles. The smallest absolute Gasteiger partial charge is 0.0289 e. The molecule has 1 aromatic rings. The van der Waals surface area contributed by atoms with Gasteiger partial charge in [-0.2, -0.15) is 0 Å². The van der Waals surface area contributed by atoms with Crippen LogP contribution in [0.25, 0.3) is 0 Å². The topological polar surface area (TPSA) is 12.0 Å². The van der Waals surface area contributed by atoms with Crippen molar-refractivity contribution in [2.45, 2.75) is 64.3 Å². The summed E-state index contributed by atoms with van der Waals surface area (Å²) in [5.74, 6) is 0. The van der Waals surface area contributed by atoms with Gasteiger partial charge in [-0.3, -0.25) is 0 Å². The fraction of sp³-hybridized carbons (Fsp3) is 0.647. The van der Waals surface area contributed by atoms with Crippen LogP contribution in [0.15, 0.2) is 18.2 Å². The van der Waals surface area contributed by atoms with Gasteiger partial charge in [-0.05, 0) is 54.3 Å². The van der Waals surface area contributed by atoms with Crippen LogP contribution in [0.2, 0.25) is 0 Å². The number of fused-ring (bicyclic) bond motifs is 1. The summed E-state index contributed by atoms with van der Waals surface area (Å²) in [6.07, 6.45) is 2.57. The Morgan fingerprint density at radius 2 is 1.56 bits per heavy atom. The molecule has 0 fully saturated rings. The Bertz CT molecular complexity index is 443. The summed E-state index contributed by atoms with van der Waals surface area (Å²) in [5, 5.41) is 3.34. The van der Waals surface area contributed by atoms with Crippen LogP contribution in [-0.2, 0) is 10.8 Å². The maximum Gasteiger partial charge on any atom is 0.0289 e. The predicted octanol–water partition coefficient (Wildman–Crippen LogP) is 4.32. The lowest BCUT2D eigenvalue weighted by molar-refractivity contribution is 0.331. The predicted molar refractivity (Wildman–Crippen MR) is 79.2 cm³/mol. The molecule has 0 amide bonds. The molecule has 1 aromatic carbocycles. The molecule has 1 N–H and O–H groups in total. The molecule has 0 saturated carbocycles. The van der Waals surface area contributed by atoms with E-state index in [1.165, 1.54) is 18.4 Å². The molecular formula is C17H27N. The van der Waals surface area contributed by atoms with Crippen LogP contribution in [0.4, 0.5) is 0 Å². The first-order valence-electron chi connectivity index (χ1n) is 7.10. The minimum absolute atomic E-state index is 0.314. The third-order valence-electron chi connectivity index (χ3n) is 4.81. The molecule has 0 saturated heterocycles. The quantitative estimate of drug-likeness (QED) is 0.818. The maximum atomic E-state index is 3.34. The van der Waals surface area contributed by atoms with Crippen molar-refractivity contribution < 1.29 is 0 Å². The monoisotopic (exact) mass is 245 g/mol. The van der Waals surface area contributed by atoms with Crippen LogP contribution in [0, 0.1) is 0 Å². The molecule has 0 heterocycles. The molecule has 0 radical (unpaired) electrons. The van der Waals surface area contributed by atoms with Crippen molar-refractivity contribution in [3.05, 3.63) is 34.9 Å². The highest BCUT2D eigenvalue weighted by Gasteiger charge is 2.36. The summed E-state index contributed by atoms with van der Waals surface area (Å²) >= 11 is 0. The van der Waals surface area contributed by atoms with Crippen LogP contribution >= 0.6 is 0 Å². The molecule has 18 heavy (non-hydrogen) atoms. The normalized spacial score (nSPS) is 22.3. The standard InChI is InChI=1S/C17H27N/c1-12(18-6)13-7-8-14-15(11-13)17(4,5)10-9-16(14,2)3/h7-8,11-12,18H,9-10H2,1-6H3/t12-/m1/s1. The maximum absolute atomic E-state index is 3.34. The van der Waals surface area contributed by atoms with E-state index in [0.29, 0.717) is 16.9 Å². The van der Waals surface area contributed by atoms with E-state index < -0.39 is 0 Å². The first kappa shape index (κ1) is 13.6. The summed E-state index contributed by atoms with van der Waals surface area (Å²) in [7, 11) is 2.03. The number of rotatable bonds is 2. The van der Waals surface area contributed by atoms with Crippen LogP contribution < -0.4 is 5.32 Å². The molecule has 0 spiro atoms. The molecule has 0 aromatic heterocycles. The second kappa shape index (κ2) is 4.38. The van der Waals surface area contributed by atoms with Crippen LogP contribution in [-0.4, -0.2) is 7.05 Å². The minimum Gasteiger partial charge on any atom is -0.313 e.